The van der Waals surface area contributed by atoms with E-state index in [1.807, 2.05) is 11.0 Å². The lowest BCUT2D eigenvalue weighted by Crippen LogP contribution is -2.53. The van der Waals surface area contributed by atoms with Crippen LogP contribution in [-0.2, 0) is 11.2 Å². The Hall–Kier alpha value is -2.45. The maximum atomic E-state index is 13.2. The molecule has 4 saturated carbocycles. The number of primary amides is 1. The first kappa shape index (κ1) is 23.0. The number of aliphatic hydroxyl groups excluding tert-OH is 1. The van der Waals surface area contributed by atoms with Crippen molar-refractivity contribution in [3.05, 3.63) is 35.8 Å². The smallest absolute Gasteiger partial charge is 0.265 e. The lowest BCUT2D eigenvalue weighted by molar-refractivity contribution is -0.129. The molecule has 5 aliphatic rings. The highest BCUT2D eigenvalue weighted by Gasteiger charge is 2.51. The summed E-state index contributed by atoms with van der Waals surface area (Å²) in [5.74, 6) is 2.30. The van der Waals surface area contributed by atoms with Gasteiger partial charge in [-0.2, -0.15) is 0 Å². The topological polar surface area (TPSA) is 104 Å². The monoisotopic (exact) mass is 479 g/mol. The molecule has 0 spiro atoms. The minimum Gasteiger partial charge on any atom is -0.395 e. The molecular formula is C27H37N5O3. The van der Waals surface area contributed by atoms with Crippen LogP contribution in [0, 0.1) is 23.2 Å². The number of nitrogens with zero attached hydrogens (tertiary/aromatic N) is 4. The number of amides is 2. The molecule has 2 aromatic rings. The number of pyridine rings is 1. The number of hydrogen-bond acceptors (Lipinski definition) is 5. The van der Waals surface area contributed by atoms with Crippen LogP contribution >= 0.6 is 0 Å². The molecule has 3 heterocycles. The zero-order valence-corrected chi connectivity index (χ0v) is 20.4. The molecule has 4 aliphatic carbocycles. The van der Waals surface area contributed by atoms with Gasteiger partial charge in [-0.15, -0.1) is 0 Å². The van der Waals surface area contributed by atoms with Crippen LogP contribution in [0.3, 0.4) is 0 Å². The van der Waals surface area contributed by atoms with Crippen molar-refractivity contribution in [2.45, 2.75) is 57.4 Å². The van der Waals surface area contributed by atoms with E-state index >= 15 is 0 Å². The first-order valence-corrected chi connectivity index (χ1v) is 13.3. The third-order valence-electron chi connectivity index (χ3n) is 9.25. The molecule has 35 heavy (non-hydrogen) atoms. The first-order valence-electron chi connectivity index (χ1n) is 13.3. The predicted molar refractivity (Wildman–Crippen MR) is 132 cm³/mol. The van der Waals surface area contributed by atoms with Gasteiger partial charge in [0.2, 0.25) is 5.91 Å². The highest BCUT2D eigenvalue weighted by Crippen LogP contribution is 2.60. The number of carbonyl (C=O) groups is 2. The van der Waals surface area contributed by atoms with Crippen LogP contribution in [0.2, 0.25) is 0 Å². The summed E-state index contributed by atoms with van der Waals surface area (Å²) < 4.78 is 1.66. The van der Waals surface area contributed by atoms with Gasteiger partial charge in [0, 0.05) is 38.4 Å². The molecule has 1 aliphatic heterocycles. The van der Waals surface area contributed by atoms with Crippen LogP contribution < -0.4 is 5.73 Å². The van der Waals surface area contributed by atoms with Crippen LogP contribution in [0.5, 0.6) is 0 Å². The molecule has 8 nitrogen and oxygen atoms in total. The number of imidazole rings is 1. The predicted octanol–water partition coefficient (Wildman–Crippen LogP) is 2.09. The number of nitrogens with two attached hydrogens (primary N) is 1. The van der Waals surface area contributed by atoms with Crippen molar-refractivity contribution in [2.75, 3.05) is 32.8 Å². The summed E-state index contributed by atoms with van der Waals surface area (Å²) >= 11 is 0. The van der Waals surface area contributed by atoms with E-state index in [-0.39, 0.29) is 18.9 Å². The molecule has 3 N–H and O–H groups in total. The van der Waals surface area contributed by atoms with Crippen molar-refractivity contribution < 1.29 is 14.7 Å². The van der Waals surface area contributed by atoms with Gasteiger partial charge in [-0.3, -0.25) is 18.9 Å². The summed E-state index contributed by atoms with van der Waals surface area (Å²) in [6.07, 6.45) is 11.3. The largest absolute Gasteiger partial charge is 0.395 e. The molecule has 2 aromatic heterocycles. The van der Waals surface area contributed by atoms with Gasteiger partial charge < -0.3 is 15.7 Å². The summed E-state index contributed by atoms with van der Waals surface area (Å²) in [6, 6.07) is 5.52. The van der Waals surface area contributed by atoms with Crippen molar-refractivity contribution in [2.24, 2.45) is 28.9 Å². The quantitative estimate of drug-likeness (QED) is 0.603. The fraction of sp³-hybridized carbons (Fsp3) is 0.667. The second-order valence-corrected chi connectivity index (χ2v) is 11.8. The van der Waals surface area contributed by atoms with Crippen LogP contribution in [0.1, 0.15) is 61.1 Å². The van der Waals surface area contributed by atoms with Gasteiger partial charge in [0.25, 0.3) is 5.91 Å². The van der Waals surface area contributed by atoms with Crippen LogP contribution in [0.15, 0.2) is 24.4 Å². The average Bonchev–Trinajstić information content (AvgIpc) is 3.44. The Bertz CT molecular complexity index is 1090. The molecule has 1 atom stereocenters. The number of hydrogen-bond donors (Lipinski definition) is 2. The van der Waals surface area contributed by atoms with Gasteiger partial charge in [-0.1, -0.05) is 6.07 Å². The van der Waals surface area contributed by atoms with E-state index in [9.17, 15) is 14.7 Å². The number of aromatic nitrogens is 2. The van der Waals surface area contributed by atoms with Crippen molar-refractivity contribution in [3.8, 4) is 0 Å². The van der Waals surface area contributed by atoms with E-state index in [4.69, 9.17) is 5.73 Å². The fourth-order valence-corrected chi connectivity index (χ4v) is 8.31. The van der Waals surface area contributed by atoms with Gasteiger partial charge >= 0.3 is 0 Å². The summed E-state index contributed by atoms with van der Waals surface area (Å²) in [4.78, 5) is 33.9. The van der Waals surface area contributed by atoms with E-state index in [0.29, 0.717) is 41.6 Å². The summed E-state index contributed by atoms with van der Waals surface area (Å²) in [7, 11) is 0. The molecule has 5 fully saturated rings. The molecule has 0 unspecified atom stereocenters. The third-order valence-corrected chi connectivity index (χ3v) is 9.25. The van der Waals surface area contributed by atoms with E-state index in [1.165, 1.54) is 38.5 Å². The number of rotatable bonds is 8. The molecule has 2 amide bonds. The van der Waals surface area contributed by atoms with Gasteiger partial charge in [-0.05, 0) is 80.2 Å². The Kier molecular flexibility index (Phi) is 5.84. The minimum atomic E-state index is -0.517. The lowest BCUT2D eigenvalue weighted by atomic mass is 9.49. The van der Waals surface area contributed by atoms with E-state index in [0.717, 1.165) is 37.3 Å². The third kappa shape index (κ3) is 4.35. The molecule has 7 rings (SSSR count). The molecule has 1 saturated heterocycles. The molecule has 188 valence electrons. The van der Waals surface area contributed by atoms with E-state index < -0.39 is 5.91 Å². The highest BCUT2D eigenvalue weighted by atomic mass is 16.3. The summed E-state index contributed by atoms with van der Waals surface area (Å²) in [5, 5.41) is 9.84. The van der Waals surface area contributed by atoms with Gasteiger partial charge in [-0.25, -0.2) is 4.98 Å². The first-order chi connectivity index (χ1) is 16.9. The maximum absolute atomic E-state index is 13.2. The lowest BCUT2D eigenvalue weighted by Gasteiger charge is -2.58. The summed E-state index contributed by atoms with van der Waals surface area (Å²) in [5.41, 5.74) is 7.53. The van der Waals surface area contributed by atoms with Crippen molar-refractivity contribution in [1.29, 1.82) is 0 Å². The second kappa shape index (κ2) is 8.89. The van der Waals surface area contributed by atoms with Crippen LogP contribution in [-0.4, -0.2) is 74.9 Å². The minimum absolute atomic E-state index is 0.0651. The average molecular weight is 480 g/mol. The van der Waals surface area contributed by atoms with E-state index in [2.05, 4.69) is 9.88 Å². The number of carbonyl (C=O) groups excluding carboxylic acids is 2. The number of likely N-dealkylation sites (tertiary alicyclic amines) is 1. The Morgan fingerprint density at radius 3 is 2.51 bits per heavy atom. The van der Waals surface area contributed by atoms with Gasteiger partial charge in [0.05, 0.1) is 18.7 Å². The van der Waals surface area contributed by atoms with E-state index in [1.54, 1.807) is 22.7 Å². The normalized spacial score (nSPS) is 31.7. The fourth-order valence-electron chi connectivity index (χ4n) is 8.31. The van der Waals surface area contributed by atoms with Crippen LogP contribution in [0.4, 0.5) is 0 Å². The van der Waals surface area contributed by atoms with Crippen LogP contribution in [0.25, 0.3) is 5.65 Å². The molecule has 0 radical (unpaired) electrons. The molecule has 4 bridgehead atoms. The highest BCUT2D eigenvalue weighted by molar-refractivity contribution is 5.91. The van der Waals surface area contributed by atoms with Crippen molar-refractivity contribution in [1.82, 2.24) is 19.2 Å². The summed E-state index contributed by atoms with van der Waals surface area (Å²) in [6.45, 7) is 3.39. The van der Waals surface area contributed by atoms with Crippen molar-refractivity contribution >= 4 is 17.5 Å². The Morgan fingerprint density at radius 2 is 1.86 bits per heavy atom. The molecule has 8 heteroatoms. The number of fused-ring (bicyclic) bond motifs is 1. The molecular weight excluding hydrogens is 442 g/mol. The SMILES string of the molecule is NC(=O)c1cccc2nc(CC(=O)N3CC[C@@H](N(CCO)CC45CC6CC(CC(C6)C4)C5)C3)cn12. The number of aliphatic hydroxyl groups is 1. The van der Waals surface area contributed by atoms with Gasteiger partial charge in [0.1, 0.15) is 11.3 Å². The van der Waals surface area contributed by atoms with Gasteiger partial charge in [0.15, 0.2) is 0 Å². The molecule has 0 aromatic carbocycles. The standard InChI is InChI=1S/C27H37N5O3/c28-26(35)23-2-1-3-24-29-21(15-32(23)24)11-25(34)30-5-4-22(16-30)31(6-7-33)17-27-12-18-8-19(13-27)10-20(9-18)14-27/h1-3,15,18-20,22,33H,4-14,16-17H2,(H2,28,35)/t18?,19?,20?,22-,27?/m1/s1. The second-order valence-electron chi connectivity index (χ2n) is 11.8. The Balaban J connectivity index is 1.11. The zero-order chi connectivity index (χ0) is 24.2. The van der Waals surface area contributed by atoms with Crippen molar-refractivity contribution in [3.63, 3.8) is 0 Å². The zero-order valence-electron chi connectivity index (χ0n) is 20.4. The Morgan fingerprint density at radius 1 is 1.14 bits per heavy atom. The Labute approximate surface area is 206 Å². The maximum Gasteiger partial charge on any atom is 0.265 e.